The number of carbonyl (C=O) groups is 1. The average Bonchev–Trinajstić information content (AvgIpc) is 2.69. The average molecular weight is 450 g/mol. The second-order valence-electron chi connectivity index (χ2n) is 7.76. The molecule has 0 fully saturated rings. The van der Waals surface area contributed by atoms with E-state index in [0.29, 0.717) is 6.42 Å². The van der Waals surface area contributed by atoms with E-state index in [4.69, 9.17) is 14.9 Å². The number of aliphatic hydroxyl groups is 1. The van der Waals surface area contributed by atoms with Crippen LogP contribution in [-0.2, 0) is 13.9 Å². The minimum absolute atomic E-state index is 0.0651. The van der Waals surface area contributed by atoms with Gasteiger partial charge in [0.05, 0.1) is 13.2 Å². The van der Waals surface area contributed by atoms with Crippen molar-refractivity contribution in [3.05, 3.63) is 12.2 Å². The van der Waals surface area contributed by atoms with Gasteiger partial charge >= 0.3 is 7.82 Å². The predicted octanol–water partition coefficient (Wildman–Crippen LogP) is 4.95. The fourth-order valence-electron chi connectivity index (χ4n) is 3.26. The molecule has 0 atom stereocenters. The monoisotopic (exact) mass is 449 g/mol. The summed E-state index contributed by atoms with van der Waals surface area (Å²) in [6.07, 6.45) is 20.5. The van der Waals surface area contributed by atoms with Crippen LogP contribution in [0.3, 0.4) is 0 Å². The number of unbranched alkanes of at least 4 members (excludes halogenated alkanes) is 11. The van der Waals surface area contributed by atoms with E-state index in [-0.39, 0.29) is 32.2 Å². The standard InChI is InChI=1S/C22H44NO6P/c1-2-3-4-5-6-7-8-9-10-11-12-13-14-15-16-17-22(25)23(18-20-24)19-21-29-30(26,27)28/h9-10,24H,2-8,11-21H2,1H3,(H2,26,27,28)/b10-9+. The van der Waals surface area contributed by atoms with Crippen LogP contribution >= 0.6 is 7.82 Å². The van der Waals surface area contributed by atoms with Gasteiger partial charge in [0.25, 0.3) is 0 Å². The quantitative estimate of drug-likeness (QED) is 0.130. The lowest BCUT2D eigenvalue weighted by Gasteiger charge is -2.21. The van der Waals surface area contributed by atoms with E-state index in [1.807, 2.05) is 0 Å². The highest BCUT2D eigenvalue weighted by Gasteiger charge is 2.17. The molecule has 1 amide bonds. The fraction of sp³-hybridized carbons (Fsp3) is 0.864. The number of phosphoric acid groups is 1. The normalized spacial score (nSPS) is 12.0. The van der Waals surface area contributed by atoms with Gasteiger partial charge in [0.15, 0.2) is 0 Å². The maximum atomic E-state index is 12.2. The van der Waals surface area contributed by atoms with E-state index < -0.39 is 7.82 Å². The van der Waals surface area contributed by atoms with E-state index in [0.717, 1.165) is 32.1 Å². The number of phosphoric ester groups is 1. The Bertz CT molecular complexity index is 480. The molecule has 3 N–H and O–H groups in total. The van der Waals surface area contributed by atoms with Gasteiger partial charge in [-0.25, -0.2) is 4.57 Å². The number of rotatable bonds is 21. The highest BCUT2D eigenvalue weighted by Crippen LogP contribution is 2.35. The Morgan fingerprint density at radius 3 is 1.93 bits per heavy atom. The minimum atomic E-state index is -4.53. The lowest BCUT2D eigenvalue weighted by molar-refractivity contribution is -0.132. The molecule has 0 aromatic rings. The molecule has 0 aliphatic carbocycles. The molecule has 7 nitrogen and oxygen atoms in total. The summed E-state index contributed by atoms with van der Waals surface area (Å²) in [5, 5.41) is 9.05. The van der Waals surface area contributed by atoms with Crippen molar-refractivity contribution in [2.45, 2.75) is 96.8 Å². The lowest BCUT2D eigenvalue weighted by Crippen LogP contribution is -2.36. The number of aliphatic hydroxyl groups excluding tert-OH is 1. The Morgan fingerprint density at radius 1 is 0.867 bits per heavy atom. The van der Waals surface area contributed by atoms with Gasteiger partial charge in [-0.1, -0.05) is 70.4 Å². The molecular formula is C22H44NO6P. The number of amides is 1. The third kappa shape index (κ3) is 20.5. The van der Waals surface area contributed by atoms with Crippen LogP contribution in [0.25, 0.3) is 0 Å². The van der Waals surface area contributed by atoms with Crippen LogP contribution in [0.4, 0.5) is 0 Å². The van der Waals surface area contributed by atoms with E-state index in [2.05, 4.69) is 23.6 Å². The third-order valence-electron chi connectivity index (χ3n) is 5.00. The molecule has 0 unspecified atom stereocenters. The first-order valence-electron chi connectivity index (χ1n) is 11.6. The summed E-state index contributed by atoms with van der Waals surface area (Å²) >= 11 is 0. The molecule has 30 heavy (non-hydrogen) atoms. The summed E-state index contributed by atoms with van der Waals surface area (Å²) in [5.74, 6) is -0.115. The zero-order valence-corrected chi connectivity index (χ0v) is 19.7. The number of allylic oxidation sites excluding steroid dienone is 2. The number of hydrogen-bond donors (Lipinski definition) is 3. The smallest absolute Gasteiger partial charge is 0.395 e. The molecule has 0 heterocycles. The number of nitrogens with zero attached hydrogens (tertiary/aromatic N) is 1. The second-order valence-corrected chi connectivity index (χ2v) is 9.00. The minimum Gasteiger partial charge on any atom is -0.395 e. The molecule has 0 spiro atoms. The van der Waals surface area contributed by atoms with E-state index in [1.54, 1.807) is 0 Å². The van der Waals surface area contributed by atoms with Crippen LogP contribution in [0.1, 0.15) is 96.8 Å². The fourth-order valence-corrected chi connectivity index (χ4v) is 3.58. The molecule has 178 valence electrons. The Morgan fingerprint density at radius 2 is 1.40 bits per heavy atom. The molecule has 0 aliphatic heterocycles. The summed E-state index contributed by atoms with van der Waals surface area (Å²) < 4.78 is 15.1. The van der Waals surface area contributed by atoms with Gasteiger partial charge in [-0.15, -0.1) is 0 Å². The van der Waals surface area contributed by atoms with E-state index in [1.165, 1.54) is 56.3 Å². The van der Waals surface area contributed by atoms with Crippen molar-refractivity contribution in [3.8, 4) is 0 Å². The zero-order chi connectivity index (χ0) is 22.5. The van der Waals surface area contributed by atoms with Crippen LogP contribution in [0.15, 0.2) is 12.2 Å². The molecule has 0 rings (SSSR count). The number of carbonyl (C=O) groups excluding carboxylic acids is 1. The maximum absolute atomic E-state index is 12.2. The second kappa shape index (κ2) is 20.2. The van der Waals surface area contributed by atoms with Crippen LogP contribution in [0, 0.1) is 0 Å². The Labute approximate surface area is 183 Å². The van der Waals surface area contributed by atoms with Crippen molar-refractivity contribution in [2.24, 2.45) is 0 Å². The molecule has 0 aromatic heterocycles. The Kier molecular flexibility index (Phi) is 19.7. The van der Waals surface area contributed by atoms with Crippen molar-refractivity contribution >= 4 is 13.7 Å². The SMILES string of the molecule is CCCCCCCC/C=C/CCCCCCCC(=O)N(CCO)CCOP(=O)(O)O. The molecule has 0 aliphatic rings. The van der Waals surface area contributed by atoms with E-state index >= 15 is 0 Å². The van der Waals surface area contributed by atoms with Crippen LogP contribution in [0.2, 0.25) is 0 Å². The molecule has 0 aromatic carbocycles. The van der Waals surface area contributed by atoms with Gasteiger partial charge in [-0.2, -0.15) is 0 Å². The largest absolute Gasteiger partial charge is 0.469 e. The summed E-state index contributed by atoms with van der Waals surface area (Å²) in [6, 6.07) is 0. The summed E-state index contributed by atoms with van der Waals surface area (Å²) in [7, 11) is -4.53. The highest BCUT2D eigenvalue weighted by molar-refractivity contribution is 7.46. The van der Waals surface area contributed by atoms with Crippen LogP contribution < -0.4 is 0 Å². The summed E-state index contributed by atoms with van der Waals surface area (Å²) in [5.41, 5.74) is 0. The van der Waals surface area contributed by atoms with Crippen molar-refractivity contribution < 1.29 is 28.8 Å². The molecule has 0 saturated carbocycles. The zero-order valence-electron chi connectivity index (χ0n) is 18.8. The summed E-state index contributed by atoms with van der Waals surface area (Å²) in [4.78, 5) is 30.9. The lowest BCUT2D eigenvalue weighted by atomic mass is 10.1. The van der Waals surface area contributed by atoms with Gasteiger partial charge in [0.1, 0.15) is 0 Å². The first kappa shape index (κ1) is 29.3. The van der Waals surface area contributed by atoms with Gasteiger partial charge in [0.2, 0.25) is 5.91 Å². The third-order valence-corrected chi connectivity index (χ3v) is 5.51. The summed E-state index contributed by atoms with van der Waals surface area (Å²) in [6.45, 7) is 2.02. The van der Waals surface area contributed by atoms with Gasteiger partial charge in [-0.05, 0) is 32.1 Å². The number of hydrogen-bond acceptors (Lipinski definition) is 4. The predicted molar refractivity (Wildman–Crippen MR) is 121 cm³/mol. The van der Waals surface area contributed by atoms with E-state index in [9.17, 15) is 9.36 Å². The molecule has 0 bridgehead atoms. The first-order valence-corrected chi connectivity index (χ1v) is 13.2. The highest BCUT2D eigenvalue weighted by atomic mass is 31.2. The Hall–Kier alpha value is -0.720. The molecule has 0 radical (unpaired) electrons. The topological polar surface area (TPSA) is 107 Å². The van der Waals surface area contributed by atoms with Gasteiger partial charge in [-0.3, -0.25) is 9.32 Å². The Balaban J connectivity index is 3.63. The molecular weight excluding hydrogens is 405 g/mol. The maximum Gasteiger partial charge on any atom is 0.469 e. The van der Waals surface area contributed by atoms with Crippen LogP contribution in [-0.4, -0.2) is 52.0 Å². The van der Waals surface area contributed by atoms with Crippen molar-refractivity contribution in [3.63, 3.8) is 0 Å². The van der Waals surface area contributed by atoms with Crippen molar-refractivity contribution in [2.75, 3.05) is 26.3 Å². The van der Waals surface area contributed by atoms with Gasteiger partial charge < -0.3 is 19.8 Å². The van der Waals surface area contributed by atoms with Crippen LogP contribution in [0.5, 0.6) is 0 Å². The van der Waals surface area contributed by atoms with Gasteiger partial charge in [0, 0.05) is 19.5 Å². The molecule has 0 saturated heterocycles. The van der Waals surface area contributed by atoms with Crippen molar-refractivity contribution in [1.29, 1.82) is 0 Å². The van der Waals surface area contributed by atoms with Crippen molar-refractivity contribution in [1.82, 2.24) is 4.90 Å². The molecule has 8 heteroatoms. The first-order chi connectivity index (χ1) is 14.4.